The lowest BCUT2D eigenvalue weighted by Gasteiger charge is -2.12. The van der Waals surface area contributed by atoms with Crippen molar-refractivity contribution in [3.8, 4) is 0 Å². The number of aromatic nitrogens is 2. The third kappa shape index (κ3) is 4.07. The highest BCUT2D eigenvalue weighted by atomic mass is 16.6. The first-order chi connectivity index (χ1) is 11.4. The predicted octanol–water partition coefficient (Wildman–Crippen LogP) is 3.44. The average molecular weight is 329 g/mol. The summed E-state index contributed by atoms with van der Waals surface area (Å²) < 4.78 is 7.18. The molecule has 2 aromatic rings. The molecule has 0 aliphatic heterocycles. The lowest BCUT2D eigenvalue weighted by molar-refractivity contribution is -0.385. The first-order valence-corrected chi connectivity index (χ1v) is 7.57. The summed E-state index contributed by atoms with van der Waals surface area (Å²) in [5, 5.41) is 11.0. The highest BCUT2D eigenvalue weighted by molar-refractivity contribution is 5.86. The third-order valence-corrected chi connectivity index (χ3v) is 3.65. The average Bonchev–Trinajstić information content (AvgIpc) is 3.00. The molecule has 0 fully saturated rings. The minimum atomic E-state index is -0.590. The van der Waals surface area contributed by atoms with Crippen LogP contribution in [0.1, 0.15) is 36.9 Å². The number of rotatable bonds is 6. The Morgan fingerprint density at radius 1 is 1.50 bits per heavy atom. The summed E-state index contributed by atoms with van der Waals surface area (Å²) in [6.45, 7) is 6.06. The second kappa shape index (κ2) is 7.54. The van der Waals surface area contributed by atoms with Crippen LogP contribution in [0.15, 0.2) is 36.7 Å². The van der Waals surface area contributed by atoms with E-state index >= 15 is 0 Å². The molecular formula is C17H19N3O4. The maximum Gasteiger partial charge on any atom is 0.331 e. The minimum Gasteiger partial charge on any atom is -0.455 e. The van der Waals surface area contributed by atoms with E-state index in [1.807, 2.05) is 17.7 Å². The van der Waals surface area contributed by atoms with Crippen molar-refractivity contribution in [2.24, 2.45) is 0 Å². The third-order valence-electron chi connectivity index (χ3n) is 3.65. The second-order valence-electron chi connectivity index (χ2n) is 5.29. The molecule has 0 N–H and O–H groups in total. The summed E-state index contributed by atoms with van der Waals surface area (Å²) in [7, 11) is 0. The normalized spacial score (nSPS) is 12.3. The van der Waals surface area contributed by atoms with Crippen molar-refractivity contribution in [1.82, 2.24) is 9.55 Å². The summed E-state index contributed by atoms with van der Waals surface area (Å²) in [5.74, 6) is 0.129. The molecule has 1 atom stereocenters. The van der Waals surface area contributed by atoms with Crippen molar-refractivity contribution >= 4 is 17.7 Å². The van der Waals surface area contributed by atoms with Crippen LogP contribution in [-0.4, -0.2) is 20.4 Å². The van der Waals surface area contributed by atoms with Gasteiger partial charge in [-0.2, -0.15) is 0 Å². The van der Waals surface area contributed by atoms with E-state index in [0.29, 0.717) is 17.0 Å². The molecule has 0 amide bonds. The van der Waals surface area contributed by atoms with Crippen molar-refractivity contribution in [2.75, 3.05) is 0 Å². The number of aryl methyl sites for hydroxylation is 2. The lowest BCUT2D eigenvalue weighted by atomic mass is 10.1. The van der Waals surface area contributed by atoms with Crippen LogP contribution in [0, 0.1) is 17.0 Å². The van der Waals surface area contributed by atoms with Crippen molar-refractivity contribution in [3.05, 3.63) is 63.7 Å². The molecule has 0 radical (unpaired) electrons. The molecule has 1 heterocycles. The van der Waals surface area contributed by atoms with Crippen molar-refractivity contribution < 1.29 is 14.5 Å². The molecule has 1 unspecified atom stereocenters. The fraction of sp³-hybridized carbons (Fsp3) is 0.294. The molecule has 0 spiro atoms. The Balaban J connectivity index is 2.06. The minimum absolute atomic E-state index is 0.0101. The van der Waals surface area contributed by atoms with Crippen LogP contribution in [0.4, 0.5) is 5.69 Å². The van der Waals surface area contributed by atoms with E-state index in [9.17, 15) is 14.9 Å². The van der Waals surface area contributed by atoms with Crippen LogP contribution in [0.3, 0.4) is 0 Å². The molecule has 0 aliphatic carbocycles. The predicted molar refractivity (Wildman–Crippen MR) is 89.3 cm³/mol. The van der Waals surface area contributed by atoms with Gasteiger partial charge in [0, 0.05) is 36.6 Å². The molecule has 24 heavy (non-hydrogen) atoms. The molecule has 0 aliphatic rings. The van der Waals surface area contributed by atoms with Crippen LogP contribution in [-0.2, 0) is 16.1 Å². The topological polar surface area (TPSA) is 87.3 Å². The molecule has 7 heteroatoms. The Bertz CT molecular complexity index is 780. The second-order valence-corrected chi connectivity index (χ2v) is 5.29. The Kier molecular flexibility index (Phi) is 5.47. The number of nitro benzene ring substituents is 1. The van der Waals surface area contributed by atoms with Crippen LogP contribution >= 0.6 is 0 Å². The molecule has 0 bridgehead atoms. The lowest BCUT2D eigenvalue weighted by Crippen LogP contribution is -2.07. The summed E-state index contributed by atoms with van der Waals surface area (Å²) in [6.07, 6.45) is 5.76. The van der Waals surface area contributed by atoms with E-state index in [1.54, 1.807) is 38.3 Å². The monoisotopic (exact) mass is 329 g/mol. The van der Waals surface area contributed by atoms with Crippen LogP contribution < -0.4 is 0 Å². The number of esters is 1. The molecule has 126 valence electrons. The molecule has 0 saturated heterocycles. The van der Waals surface area contributed by atoms with Crippen LogP contribution in [0.2, 0.25) is 0 Å². The zero-order valence-electron chi connectivity index (χ0n) is 13.8. The molecule has 7 nitrogen and oxygen atoms in total. The van der Waals surface area contributed by atoms with Gasteiger partial charge in [-0.05, 0) is 32.4 Å². The number of nitrogens with zero attached hydrogens (tertiary/aromatic N) is 3. The molecule has 2 rings (SSSR count). The van der Waals surface area contributed by atoms with Gasteiger partial charge in [0.2, 0.25) is 0 Å². The summed E-state index contributed by atoms with van der Waals surface area (Å²) in [6, 6.07) is 4.79. The number of hydrogen-bond donors (Lipinski definition) is 0. The van der Waals surface area contributed by atoms with Gasteiger partial charge in [-0.25, -0.2) is 9.78 Å². The summed E-state index contributed by atoms with van der Waals surface area (Å²) in [5.41, 5.74) is 1.15. The number of imidazole rings is 1. The van der Waals surface area contributed by atoms with Gasteiger partial charge >= 0.3 is 5.97 Å². The van der Waals surface area contributed by atoms with Gasteiger partial charge in [-0.1, -0.05) is 12.1 Å². The van der Waals surface area contributed by atoms with E-state index in [4.69, 9.17) is 4.74 Å². The zero-order valence-corrected chi connectivity index (χ0v) is 13.8. The van der Waals surface area contributed by atoms with E-state index in [2.05, 4.69) is 4.98 Å². The fourth-order valence-electron chi connectivity index (χ4n) is 2.25. The van der Waals surface area contributed by atoms with Gasteiger partial charge in [0.05, 0.1) is 4.92 Å². The van der Waals surface area contributed by atoms with Crippen LogP contribution in [0.25, 0.3) is 6.08 Å². The van der Waals surface area contributed by atoms with Gasteiger partial charge in [0.1, 0.15) is 11.9 Å². The Labute approximate surface area is 139 Å². The van der Waals surface area contributed by atoms with Gasteiger partial charge in [0.15, 0.2) is 0 Å². The summed E-state index contributed by atoms with van der Waals surface area (Å²) >= 11 is 0. The SMILES string of the molecule is CCn1ccnc1C=CC(=O)OC(C)c1ccc(C)c([N+](=O)[O-])c1. The maximum atomic E-state index is 11.9. The van der Waals surface area contributed by atoms with E-state index < -0.39 is 17.0 Å². The van der Waals surface area contributed by atoms with E-state index in [0.717, 1.165) is 6.54 Å². The number of carbonyl (C=O) groups is 1. The van der Waals surface area contributed by atoms with Crippen LogP contribution in [0.5, 0.6) is 0 Å². The maximum absolute atomic E-state index is 11.9. The molecule has 1 aromatic heterocycles. The Morgan fingerprint density at radius 2 is 2.25 bits per heavy atom. The zero-order chi connectivity index (χ0) is 17.7. The van der Waals surface area contributed by atoms with Crippen molar-refractivity contribution in [2.45, 2.75) is 33.4 Å². The first-order valence-electron chi connectivity index (χ1n) is 7.57. The highest BCUT2D eigenvalue weighted by Crippen LogP contribution is 2.25. The smallest absolute Gasteiger partial charge is 0.331 e. The number of carbonyl (C=O) groups excluding carboxylic acids is 1. The number of nitro groups is 1. The van der Waals surface area contributed by atoms with Gasteiger partial charge in [-0.15, -0.1) is 0 Å². The number of hydrogen-bond acceptors (Lipinski definition) is 5. The largest absolute Gasteiger partial charge is 0.455 e. The Morgan fingerprint density at radius 3 is 2.92 bits per heavy atom. The van der Waals surface area contributed by atoms with Gasteiger partial charge in [-0.3, -0.25) is 10.1 Å². The number of benzene rings is 1. The van der Waals surface area contributed by atoms with Crippen molar-refractivity contribution in [3.63, 3.8) is 0 Å². The van der Waals surface area contributed by atoms with Crippen molar-refractivity contribution in [1.29, 1.82) is 0 Å². The standard InChI is InChI=1S/C17H19N3O4/c1-4-19-10-9-18-16(19)7-8-17(21)24-13(3)14-6-5-12(2)15(11-14)20(22)23/h5-11,13H,4H2,1-3H3. The fourth-order valence-corrected chi connectivity index (χ4v) is 2.25. The Hall–Kier alpha value is -2.96. The van der Waals surface area contributed by atoms with E-state index in [-0.39, 0.29) is 5.69 Å². The van der Waals surface area contributed by atoms with E-state index in [1.165, 1.54) is 12.1 Å². The quantitative estimate of drug-likeness (QED) is 0.351. The first kappa shape index (κ1) is 17.4. The number of ether oxygens (including phenoxy) is 1. The molecular weight excluding hydrogens is 310 g/mol. The summed E-state index contributed by atoms with van der Waals surface area (Å²) in [4.78, 5) is 26.6. The van der Waals surface area contributed by atoms with Gasteiger partial charge in [0.25, 0.3) is 5.69 Å². The molecule has 0 saturated carbocycles. The molecule has 1 aromatic carbocycles. The highest BCUT2D eigenvalue weighted by Gasteiger charge is 2.16. The van der Waals surface area contributed by atoms with Gasteiger partial charge < -0.3 is 9.30 Å².